The summed E-state index contributed by atoms with van der Waals surface area (Å²) in [6.45, 7) is 5.53. The Morgan fingerprint density at radius 1 is 0.778 bits per heavy atom. The van der Waals surface area contributed by atoms with E-state index < -0.39 is 0 Å². The lowest BCUT2D eigenvalue weighted by molar-refractivity contribution is -0.122. The van der Waals surface area contributed by atoms with E-state index in [-0.39, 0.29) is 11.8 Å². The van der Waals surface area contributed by atoms with Crippen LogP contribution in [0.3, 0.4) is 0 Å². The third-order valence-electron chi connectivity index (χ3n) is 2.83. The van der Waals surface area contributed by atoms with Crippen LogP contribution in [0.4, 0.5) is 0 Å². The van der Waals surface area contributed by atoms with E-state index in [0.29, 0.717) is 12.8 Å². The van der Waals surface area contributed by atoms with Gasteiger partial charge in [-0.2, -0.15) is 0 Å². The Hall–Kier alpha value is -1.06. The fraction of sp³-hybridized carbons (Fsp3) is 0.857. The molecule has 0 saturated carbocycles. The van der Waals surface area contributed by atoms with Crippen molar-refractivity contribution in [2.45, 2.75) is 65.2 Å². The van der Waals surface area contributed by atoms with Gasteiger partial charge in [-0.1, -0.05) is 33.1 Å². The minimum absolute atomic E-state index is 0.101. The lowest BCUT2D eigenvalue weighted by Gasteiger charge is -2.05. The van der Waals surface area contributed by atoms with Gasteiger partial charge in [-0.25, -0.2) is 0 Å². The lowest BCUT2D eigenvalue weighted by Crippen LogP contribution is -2.24. The molecule has 0 rings (SSSR count). The number of rotatable bonds is 11. The van der Waals surface area contributed by atoms with Crippen LogP contribution in [0.2, 0.25) is 0 Å². The SMILES string of the molecule is CCCCCNC(=O)CCCCCNC(=O)CC. The zero-order valence-electron chi connectivity index (χ0n) is 11.9. The topological polar surface area (TPSA) is 58.2 Å². The fourth-order valence-electron chi connectivity index (χ4n) is 1.63. The minimum Gasteiger partial charge on any atom is -0.356 e. The van der Waals surface area contributed by atoms with Crippen molar-refractivity contribution in [2.24, 2.45) is 0 Å². The molecular weight excluding hydrogens is 228 g/mol. The summed E-state index contributed by atoms with van der Waals surface area (Å²) in [5.41, 5.74) is 0. The molecule has 0 fully saturated rings. The second-order valence-electron chi connectivity index (χ2n) is 4.57. The summed E-state index contributed by atoms with van der Waals surface area (Å²) in [4.78, 5) is 22.4. The Kier molecular flexibility index (Phi) is 11.7. The molecule has 4 nitrogen and oxygen atoms in total. The summed E-state index contributed by atoms with van der Waals surface area (Å²) in [7, 11) is 0. The average Bonchev–Trinajstić information content (AvgIpc) is 2.38. The molecule has 106 valence electrons. The molecule has 0 atom stereocenters. The zero-order valence-corrected chi connectivity index (χ0v) is 11.9. The smallest absolute Gasteiger partial charge is 0.219 e. The van der Waals surface area contributed by atoms with E-state index in [1.54, 1.807) is 0 Å². The molecule has 0 aromatic heterocycles. The fourth-order valence-corrected chi connectivity index (χ4v) is 1.63. The Balaban J connectivity index is 3.22. The van der Waals surface area contributed by atoms with Crippen molar-refractivity contribution in [1.82, 2.24) is 10.6 Å². The van der Waals surface area contributed by atoms with Crippen molar-refractivity contribution in [1.29, 1.82) is 0 Å². The van der Waals surface area contributed by atoms with E-state index >= 15 is 0 Å². The first-order chi connectivity index (χ1) is 8.70. The summed E-state index contributed by atoms with van der Waals surface area (Å²) in [5, 5.41) is 5.76. The molecule has 0 aliphatic heterocycles. The highest BCUT2D eigenvalue weighted by Crippen LogP contribution is 1.99. The Labute approximate surface area is 111 Å². The van der Waals surface area contributed by atoms with Crippen LogP contribution < -0.4 is 10.6 Å². The average molecular weight is 256 g/mol. The van der Waals surface area contributed by atoms with E-state index in [2.05, 4.69) is 17.6 Å². The highest BCUT2D eigenvalue weighted by Gasteiger charge is 2.00. The highest BCUT2D eigenvalue weighted by molar-refractivity contribution is 5.76. The van der Waals surface area contributed by atoms with Crippen LogP contribution >= 0.6 is 0 Å². The third-order valence-corrected chi connectivity index (χ3v) is 2.83. The van der Waals surface area contributed by atoms with Gasteiger partial charge in [-0.15, -0.1) is 0 Å². The maximum atomic E-state index is 11.4. The molecule has 2 amide bonds. The molecule has 0 spiro atoms. The van der Waals surface area contributed by atoms with Gasteiger partial charge in [0.2, 0.25) is 11.8 Å². The van der Waals surface area contributed by atoms with Gasteiger partial charge in [0.05, 0.1) is 0 Å². The molecule has 0 saturated heterocycles. The van der Waals surface area contributed by atoms with Gasteiger partial charge in [-0.3, -0.25) is 9.59 Å². The predicted octanol–water partition coefficient (Wildman–Crippen LogP) is 2.38. The number of carbonyl (C=O) groups is 2. The number of hydrogen-bond donors (Lipinski definition) is 2. The van der Waals surface area contributed by atoms with Gasteiger partial charge in [0.25, 0.3) is 0 Å². The van der Waals surface area contributed by atoms with Crippen molar-refractivity contribution < 1.29 is 9.59 Å². The molecule has 18 heavy (non-hydrogen) atoms. The summed E-state index contributed by atoms with van der Waals surface area (Å²) in [5.74, 6) is 0.257. The van der Waals surface area contributed by atoms with E-state index in [1.807, 2.05) is 6.92 Å². The highest BCUT2D eigenvalue weighted by atomic mass is 16.2. The minimum atomic E-state index is 0.101. The first kappa shape index (κ1) is 16.9. The first-order valence-electron chi connectivity index (χ1n) is 7.24. The molecule has 0 aromatic rings. The normalized spacial score (nSPS) is 10.1. The van der Waals surface area contributed by atoms with Crippen molar-refractivity contribution in [3.8, 4) is 0 Å². The molecular formula is C14H28N2O2. The van der Waals surface area contributed by atoms with Crippen molar-refractivity contribution in [3.63, 3.8) is 0 Å². The molecule has 4 heteroatoms. The summed E-state index contributed by atoms with van der Waals surface area (Å²) >= 11 is 0. The molecule has 2 N–H and O–H groups in total. The first-order valence-corrected chi connectivity index (χ1v) is 7.24. The Bertz CT molecular complexity index is 230. The standard InChI is InChI=1S/C14H28N2O2/c1-3-5-8-11-16-14(18)10-7-6-9-12-15-13(17)4-2/h3-12H2,1-2H3,(H,15,17)(H,16,18). The van der Waals surface area contributed by atoms with Crippen LogP contribution in [0.5, 0.6) is 0 Å². The summed E-state index contributed by atoms with van der Waals surface area (Å²) in [6, 6.07) is 0. The number of amides is 2. The largest absolute Gasteiger partial charge is 0.356 e. The summed E-state index contributed by atoms with van der Waals surface area (Å²) < 4.78 is 0. The molecule has 0 bridgehead atoms. The van der Waals surface area contributed by atoms with Crippen LogP contribution in [0, 0.1) is 0 Å². The molecule has 0 aromatic carbocycles. The van der Waals surface area contributed by atoms with Gasteiger partial charge >= 0.3 is 0 Å². The zero-order chi connectivity index (χ0) is 13.6. The van der Waals surface area contributed by atoms with Crippen molar-refractivity contribution in [2.75, 3.05) is 13.1 Å². The lowest BCUT2D eigenvalue weighted by atomic mass is 10.2. The molecule has 0 radical (unpaired) electrons. The Morgan fingerprint density at radius 2 is 1.39 bits per heavy atom. The van der Waals surface area contributed by atoms with Gasteiger partial charge in [0, 0.05) is 25.9 Å². The van der Waals surface area contributed by atoms with E-state index in [1.165, 1.54) is 12.8 Å². The number of carbonyl (C=O) groups excluding carboxylic acids is 2. The second-order valence-corrected chi connectivity index (χ2v) is 4.57. The van der Waals surface area contributed by atoms with Crippen LogP contribution in [0.25, 0.3) is 0 Å². The molecule has 0 unspecified atom stereocenters. The van der Waals surface area contributed by atoms with Crippen LogP contribution in [-0.2, 0) is 9.59 Å². The Morgan fingerprint density at radius 3 is 2.00 bits per heavy atom. The van der Waals surface area contributed by atoms with E-state index in [0.717, 1.165) is 38.8 Å². The van der Waals surface area contributed by atoms with Crippen molar-refractivity contribution >= 4 is 11.8 Å². The van der Waals surface area contributed by atoms with Gasteiger partial charge in [0.15, 0.2) is 0 Å². The van der Waals surface area contributed by atoms with Crippen LogP contribution in [0.1, 0.15) is 65.2 Å². The molecule has 0 heterocycles. The van der Waals surface area contributed by atoms with Gasteiger partial charge in [0.1, 0.15) is 0 Å². The number of nitrogens with one attached hydrogen (secondary N) is 2. The predicted molar refractivity (Wildman–Crippen MR) is 74.3 cm³/mol. The molecule has 0 aliphatic carbocycles. The van der Waals surface area contributed by atoms with Crippen LogP contribution in [0.15, 0.2) is 0 Å². The van der Waals surface area contributed by atoms with Crippen LogP contribution in [-0.4, -0.2) is 24.9 Å². The number of hydrogen-bond acceptors (Lipinski definition) is 2. The van der Waals surface area contributed by atoms with Crippen molar-refractivity contribution in [3.05, 3.63) is 0 Å². The maximum Gasteiger partial charge on any atom is 0.219 e. The third kappa shape index (κ3) is 11.4. The van der Waals surface area contributed by atoms with E-state index in [4.69, 9.17) is 0 Å². The summed E-state index contributed by atoms with van der Waals surface area (Å²) in [6.07, 6.45) is 7.43. The van der Waals surface area contributed by atoms with Gasteiger partial charge in [-0.05, 0) is 19.3 Å². The number of unbranched alkanes of at least 4 members (excludes halogenated alkanes) is 4. The van der Waals surface area contributed by atoms with E-state index in [9.17, 15) is 9.59 Å². The quantitative estimate of drug-likeness (QED) is 0.558. The maximum absolute atomic E-state index is 11.4. The molecule has 0 aliphatic rings. The van der Waals surface area contributed by atoms with Gasteiger partial charge < -0.3 is 10.6 Å². The second kappa shape index (κ2) is 12.4. The monoisotopic (exact) mass is 256 g/mol.